The van der Waals surface area contributed by atoms with E-state index in [0.717, 1.165) is 0 Å². The Morgan fingerprint density at radius 2 is 0.500 bits per heavy atom. The molecule has 0 aromatic carbocycles. The lowest BCUT2D eigenvalue weighted by molar-refractivity contribution is 0.276. The molecule has 0 N–H and O–H groups in total. The largest absolute Gasteiger partial charge is 0.0654 e. The molecule has 0 bridgehead atoms. The lowest BCUT2D eigenvalue weighted by atomic mass is 9.81. The molecule has 30 heavy (non-hydrogen) atoms. The fourth-order valence-electron chi connectivity index (χ4n) is 4.93. The van der Waals surface area contributed by atoms with Crippen LogP contribution in [0.3, 0.4) is 0 Å². The Kier molecular flexibility index (Phi) is 19.7. The van der Waals surface area contributed by atoms with Crippen LogP contribution in [0.2, 0.25) is 0 Å². The molecule has 0 atom stereocenters. The fourth-order valence-corrected chi connectivity index (χ4v) is 4.93. The molecule has 0 radical (unpaired) electrons. The fraction of sp³-hybridized carbons (Fsp3) is 1.00. The highest BCUT2D eigenvalue weighted by Crippen LogP contribution is 2.32. The van der Waals surface area contributed by atoms with Crippen LogP contribution in [0.5, 0.6) is 0 Å². The maximum absolute atomic E-state index is 2.50. The van der Waals surface area contributed by atoms with E-state index in [1.807, 2.05) is 0 Å². The minimum atomic E-state index is 0.575. The smallest absolute Gasteiger partial charge is 0.0354 e. The Labute approximate surface area is 193 Å². The van der Waals surface area contributed by atoms with Gasteiger partial charge in [-0.25, -0.2) is 0 Å². The third-order valence-corrected chi connectivity index (χ3v) is 7.37. The summed E-state index contributed by atoms with van der Waals surface area (Å²) in [6.45, 7) is 14.6. The number of rotatable bonds is 23. The van der Waals surface area contributed by atoms with E-state index >= 15 is 0 Å². The number of unbranched alkanes of at least 4 members (excludes halogenated alkanes) is 15. The van der Waals surface area contributed by atoms with Gasteiger partial charge >= 0.3 is 0 Å². The molecule has 0 unspecified atom stereocenters. The first kappa shape index (κ1) is 30.0. The average molecular weight is 423 g/mol. The van der Waals surface area contributed by atoms with Gasteiger partial charge in [-0.15, -0.1) is 0 Å². The third kappa shape index (κ3) is 21.2. The van der Waals surface area contributed by atoms with Gasteiger partial charge in [-0.2, -0.15) is 0 Å². The van der Waals surface area contributed by atoms with Crippen LogP contribution in [-0.2, 0) is 0 Å². The van der Waals surface area contributed by atoms with E-state index in [1.165, 1.54) is 141 Å². The molecule has 0 aromatic rings. The topological polar surface area (TPSA) is 0 Å². The molecular weight excluding hydrogens is 360 g/mol. The van der Waals surface area contributed by atoms with Crippen molar-refractivity contribution in [3.8, 4) is 0 Å². The van der Waals surface area contributed by atoms with Crippen molar-refractivity contribution in [3.63, 3.8) is 0 Å². The third-order valence-electron chi connectivity index (χ3n) is 7.37. The van der Waals surface area contributed by atoms with Gasteiger partial charge in [-0.05, 0) is 36.5 Å². The normalized spacial score (nSPS) is 12.6. The Morgan fingerprint density at radius 3 is 0.733 bits per heavy atom. The molecule has 0 amide bonds. The van der Waals surface area contributed by atoms with Crippen molar-refractivity contribution >= 4 is 0 Å². The molecule has 0 aliphatic heterocycles. The molecule has 0 aliphatic carbocycles. The molecule has 0 aromatic heterocycles. The zero-order valence-electron chi connectivity index (χ0n) is 22.6. The molecule has 0 fully saturated rings. The molecule has 0 saturated heterocycles. The van der Waals surface area contributed by atoms with Crippen molar-refractivity contribution in [1.29, 1.82) is 0 Å². The standard InChI is InChI=1S/C30H62/c1-7-9-11-13-17-21-25-29(3,4)27-23-19-15-16-20-24-28-30(5,6)26-22-18-14-12-10-8-2/h7-28H2,1-6H3. The predicted octanol–water partition coefficient (Wildman–Crippen LogP) is 11.7. The van der Waals surface area contributed by atoms with Gasteiger partial charge in [-0.1, -0.05) is 157 Å². The van der Waals surface area contributed by atoms with Gasteiger partial charge in [-0.3, -0.25) is 0 Å². The summed E-state index contributed by atoms with van der Waals surface area (Å²) in [5, 5.41) is 0. The first-order chi connectivity index (χ1) is 14.3. The highest BCUT2D eigenvalue weighted by Gasteiger charge is 2.17. The highest BCUT2D eigenvalue weighted by molar-refractivity contribution is 4.70. The molecule has 182 valence electrons. The monoisotopic (exact) mass is 422 g/mol. The van der Waals surface area contributed by atoms with Gasteiger partial charge < -0.3 is 0 Å². The van der Waals surface area contributed by atoms with Gasteiger partial charge in [0.1, 0.15) is 0 Å². The van der Waals surface area contributed by atoms with Crippen LogP contribution < -0.4 is 0 Å². The molecular formula is C30H62. The summed E-state index contributed by atoms with van der Waals surface area (Å²) < 4.78 is 0. The van der Waals surface area contributed by atoms with Crippen LogP contribution in [0.15, 0.2) is 0 Å². The van der Waals surface area contributed by atoms with E-state index in [9.17, 15) is 0 Å². The highest BCUT2D eigenvalue weighted by atomic mass is 14.2. The summed E-state index contributed by atoms with van der Waals surface area (Å²) >= 11 is 0. The molecule has 0 heterocycles. The van der Waals surface area contributed by atoms with Crippen molar-refractivity contribution in [1.82, 2.24) is 0 Å². The maximum atomic E-state index is 2.50. The van der Waals surface area contributed by atoms with E-state index in [-0.39, 0.29) is 0 Å². The molecule has 0 aliphatic rings. The molecule has 0 nitrogen and oxygen atoms in total. The summed E-state index contributed by atoms with van der Waals surface area (Å²) in [7, 11) is 0. The summed E-state index contributed by atoms with van der Waals surface area (Å²) in [5.74, 6) is 0. The van der Waals surface area contributed by atoms with E-state index in [0.29, 0.717) is 10.8 Å². The zero-order valence-corrected chi connectivity index (χ0v) is 22.6. The van der Waals surface area contributed by atoms with Crippen LogP contribution in [0.4, 0.5) is 0 Å². The lowest BCUT2D eigenvalue weighted by Crippen LogP contribution is -2.11. The Morgan fingerprint density at radius 1 is 0.300 bits per heavy atom. The van der Waals surface area contributed by atoms with Gasteiger partial charge in [0, 0.05) is 0 Å². The van der Waals surface area contributed by atoms with Crippen molar-refractivity contribution in [3.05, 3.63) is 0 Å². The second kappa shape index (κ2) is 19.7. The number of hydrogen-bond donors (Lipinski definition) is 0. The van der Waals surface area contributed by atoms with Crippen molar-refractivity contribution in [2.75, 3.05) is 0 Å². The predicted molar refractivity (Wildman–Crippen MR) is 140 cm³/mol. The lowest BCUT2D eigenvalue weighted by Gasteiger charge is -2.25. The van der Waals surface area contributed by atoms with Crippen LogP contribution in [0, 0.1) is 10.8 Å². The van der Waals surface area contributed by atoms with E-state index in [4.69, 9.17) is 0 Å². The van der Waals surface area contributed by atoms with Gasteiger partial charge in [0.15, 0.2) is 0 Å². The Balaban J connectivity index is 3.52. The zero-order chi connectivity index (χ0) is 22.6. The second-order valence-corrected chi connectivity index (χ2v) is 12.0. The molecule has 0 rings (SSSR count). The molecule has 0 saturated carbocycles. The molecule has 0 spiro atoms. The van der Waals surface area contributed by atoms with Crippen LogP contribution in [-0.4, -0.2) is 0 Å². The first-order valence-corrected chi connectivity index (χ1v) is 14.3. The summed E-state index contributed by atoms with van der Waals surface area (Å²) in [4.78, 5) is 0. The Hall–Kier alpha value is 0. The maximum Gasteiger partial charge on any atom is -0.0354 e. The first-order valence-electron chi connectivity index (χ1n) is 14.3. The van der Waals surface area contributed by atoms with E-state index in [1.54, 1.807) is 0 Å². The number of hydrogen-bond acceptors (Lipinski definition) is 0. The summed E-state index contributed by atoms with van der Waals surface area (Å²) in [5.41, 5.74) is 1.15. The summed E-state index contributed by atoms with van der Waals surface area (Å²) in [6.07, 6.45) is 31.7. The summed E-state index contributed by atoms with van der Waals surface area (Å²) in [6, 6.07) is 0. The second-order valence-electron chi connectivity index (χ2n) is 12.0. The Bertz CT molecular complexity index is 304. The van der Waals surface area contributed by atoms with Crippen molar-refractivity contribution < 1.29 is 0 Å². The van der Waals surface area contributed by atoms with Crippen molar-refractivity contribution in [2.24, 2.45) is 10.8 Å². The van der Waals surface area contributed by atoms with Crippen molar-refractivity contribution in [2.45, 2.75) is 183 Å². The SMILES string of the molecule is CCCCCCCCC(C)(C)CCCCCCCCC(C)(C)CCCCCCCC. The van der Waals surface area contributed by atoms with Gasteiger partial charge in [0.25, 0.3) is 0 Å². The molecule has 0 heteroatoms. The van der Waals surface area contributed by atoms with E-state index < -0.39 is 0 Å². The van der Waals surface area contributed by atoms with Gasteiger partial charge in [0.2, 0.25) is 0 Å². The van der Waals surface area contributed by atoms with Crippen LogP contribution in [0.1, 0.15) is 183 Å². The van der Waals surface area contributed by atoms with E-state index in [2.05, 4.69) is 41.5 Å². The minimum absolute atomic E-state index is 0.575. The minimum Gasteiger partial charge on any atom is -0.0654 e. The van der Waals surface area contributed by atoms with Crippen LogP contribution >= 0.6 is 0 Å². The average Bonchev–Trinajstić information content (AvgIpc) is 2.69. The van der Waals surface area contributed by atoms with Crippen LogP contribution in [0.25, 0.3) is 0 Å². The van der Waals surface area contributed by atoms with Gasteiger partial charge in [0.05, 0.1) is 0 Å². The quantitative estimate of drug-likeness (QED) is 0.144.